The monoisotopic (exact) mass is 350 g/mol. The summed E-state index contributed by atoms with van der Waals surface area (Å²) in [4.78, 5) is 15.8. The van der Waals surface area contributed by atoms with Crippen molar-refractivity contribution in [1.29, 1.82) is 0 Å². The van der Waals surface area contributed by atoms with E-state index < -0.39 is 29.0 Å². The molecule has 0 saturated heterocycles. The highest BCUT2D eigenvalue weighted by Gasteiger charge is 2.34. The Morgan fingerprint density at radius 2 is 1.88 bits per heavy atom. The molecule has 0 spiro atoms. The third kappa shape index (κ3) is 3.49. The fourth-order valence-electron chi connectivity index (χ4n) is 2.23. The van der Waals surface area contributed by atoms with Crippen LogP contribution in [0.3, 0.4) is 0 Å². The standard InChI is InChI=1S/C16H10F4N4O/c17-13-7-10(5-6-14(13)24-9-21-8-22-24)23-15(25)11-3-1-2-4-12(11)16(18,19)20/h1-9H,(H,23,25). The summed E-state index contributed by atoms with van der Waals surface area (Å²) >= 11 is 0. The summed E-state index contributed by atoms with van der Waals surface area (Å²) < 4.78 is 54.2. The highest BCUT2D eigenvalue weighted by atomic mass is 19.4. The SMILES string of the molecule is O=C(Nc1ccc(-n2cncn2)c(F)c1)c1ccccc1C(F)(F)F. The molecule has 0 atom stereocenters. The molecule has 25 heavy (non-hydrogen) atoms. The first-order valence-electron chi connectivity index (χ1n) is 6.98. The van der Waals surface area contributed by atoms with E-state index in [0.717, 1.165) is 18.2 Å². The van der Waals surface area contributed by atoms with Gasteiger partial charge in [-0.1, -0.05) is 12.1 Å². The van der Waals surface area contributed by atoms with Crippen molar-refractivity contribution in [3.63, 3.8) is 0 Å². The summed E-state index contributed by atoms with van der Waals surface area (Å²) in [6.45, 7) is 0. The third-order valence-corrected chi connectivity index (χ3v) is 3.35. The predicted molar refractivity (Wildman–Crippen MR) is 80.7 cm³/mol. The van der Waals surface area contributed by atoms with Crippen LogP contribution in [0.1, 0.15) is 15.9 Å². The van der Waals surface area contributed by atoms with Gasteiger partial charge in [0.05, 0.1) is 11.1 Å². The first-order chi connectivity index (χ1) is 11.9. The Morgan fingerprint density at radius 1 is 1.12 bits per heavy atom. The second-order valence-corrected chi connectivity index (χ2v) is 5.00. The average Bonchev–Trinajstić information content (AvgIpc) is 3.08. The molecule has 0 saturated carbocycles. The highest BCUT2D eigenvalue weighted by molar-refractivity contribution is 6.05. The number of rotatable bonds is 3. The lowest BCUT2D eigenvalue weighted by molar-refractivity contribution is -0.137. The van der Waals surface area contributed by atoms with E-state index in [0.29, 0.717) is 0 Å². The van der Waals surface area contributed by atoms with Gasteiger partial charge in [-0.15, -0.1) is 0 Å². The van der Waals surface area contributed by atoms with Gasteiger partial charge in [0.15, 0.2) is 5.82 Å². The summed E-state index contributed by atoms with van der Waals surface area (Å²) in [7, 11) is 0. The van der Waals surface area contributed by atoms with Crippen LogP contribution >= 0.6 is 0 Å². The van der Waals surface area contributed by atoms with Crippen LogP contribution in [0.2, 0.25) is 0 Å². The highest BCUT2D eigenvalue weighted by Crippen LogP contribution is 2.32. The van der Waals surface area contributed by atoms with Gasteiger partial charge in [-0.05, 0) is 30.3 Å². The van der Waals surface area contributed by atoms with Crippen molar-refractivity contribution in [1.82, 2.24) is 14.8 Å². The zero-order valence-corrected chi connectivity index (χ0v) is 12.5. The van der Waals surface area contributed by atoms with Crippen molar-refractivity contribution in [2.45, 2.75) is 6.18 Å². The van der Waals surface area contributed by atoms with Crippen LogP contribution in [-0.4, -0.2) is 20.7 Å². The molecule has 2 aromatic carbocycles. The second-order valence-electron chi connectivity index (χ2n) is 5.00. The van der Waals surface area contributed by atoms with Crippen molar-refractivity contribution < 1.29 is 22.4 Å². The zero-order valence-electron chi connectivity index (χ0n) is 12.5. The van der Waals surface area contributed by atoms with E-state index >= 15 is 0 Å². The Balaban J connectivity index is 1.86. The summed E-state index contributed by atoms with van der Waals surface area (Å²) in [5.41, 5.74) is -1.50. The van der Waals surface area contributed by atoms with E-state index in [9.17, 15) is 22.4 Å². The first-order valence-corrected chi connectivity index (χ1v) is 6.98. The lowest BCUT2D eigenvalue weighted by Gasteiger charge is -2.13. The molecule has 5 nitrogen and oxygen atoms in total. The third-order valence-electron chi connectivity index (χ3n) is 3.35. The van der Waals surface area contributed by atoms with Crippen LogP contribution in [0, 0.1) is 5.82 Å². The fourth-order valence-corrected chi connectivity index (χ4v) is 2.23. The van der Waals surface area contributed by atoms with E-state index in [1.54, 1.807) is 0 Å². The molecule has 0 aliphatic carbocycles. The second kappa shape index (κ2) is 6.34. The first kappa shape index (κ1) is 16.6. The van der Waals surface area contributed by atoms with Crippen molar-refractivity contribution in [3.8, 4) is 5.69 Å². The zero-order chi connectivity index (χ0) is 18.0. The van der Waals surface area contributed by atoms with E-state index in [1.807, 2.05) is 0 Å². The molecule has 0 aliphatic heterocycles. The van der Waals surface area contributed by atoms with Crippen molar-refractivity contribution in [2.24, 2.45) is 0 Å². The van der Waals surface area contributed by atoms with Crippen LogP contribution in [0.5, 0.6) is 0 Å². The molecule has 1 heterocycles. The molecule has 1 amide bonds. The van der Waals surface area contributed by atoms with Gasteiger partial charge in [-0.2, -0.15) is 18.3 Å². The number of nitrogens with zero attached hydrogens (tertiary/aromatic N) is 3. The Morgan fingerprint density at radius 3 is 2.52 bits per heavy atom. The number of aromatic nitrogens is 3. The smallest absolute Gasteiger partial charge is 0.322 e. The quantitative estimate of drug-likeness (QED) is 0.733. The molecule has 3 aromatic rings. The van der Waals surface area contributed by atoms with Gasteiger partial charge in [-0.3, -0.25) is 4.79 Å². The predicted octanol–water partition coefficient (Wildman–Crippen LogP) is 3.68. The number of halogens is 4. The average molecular weight is 350 g/mol. The molecule has 0 unspecified atom stereocenters. The maximum absolute atomic E-state index is 14.1. The van der Waals surface area contributed by atoms with E-state index in [-0.39, 0.29) is 11.4 Å². The number of benzene rings is 2. The number of carbonyl (C=O) groups is 1. The maximum atomic E-state index is 14.1. The number of carbonyl (C=O) groups excluding carboxylic acids is 1. The summed E-state index contributed by atoms with van der Waals surface area (Å²) in [6.07, 6.45) is -2.16. The van der Waals surface area contributed by atoms with E-state index in [2.05, 4.69) is 15.4 Å². The Kier molecular flexibility index (Phi) is 4.22. The van der Waals surface area contributed by atoms with Gasteiger partial charge in [0.1, 0.15) is 18.3 Å². The Labute approximate surface area is 138 Å². The van der Waals surface area contributed by atoms with Crippen LogP contribution in [-0.2, 0) is 6.18 Å². The van der Waals surface area contributed by atoms with Crippen LogP contribution in [0.4, 0.5) is 23.2 Å². The molecular weight excluding hydrogens is 340 g/mol. The Bertz CT molecular complexity index is 907. The lowest BCUT2D eigenvalue weighted by Crippen LogP contribution is -2.18. The van der Waals surface area contributed by atoms with Crippen LogP contribution < -0.4 is 5.32 Å². The van der Waals surface area contributed by atoms with Gasteiger partial charge >= 0.3 is 6.18 Å². The van der Waals surface area contributed by atoms with Crippen molar-refractivity contribution in [2.75, 3.05) is 5.32 Å². The van der Waals surface area contributed by atoms with Crippen molar-refractivity contribution in [3.05, 3.63) is 72.1 Å². The number of nitrogens with one attached hydrogen (secondary N) is 1. The van der Waals surface area contributed by atoms with Gasteiger partial charge < -0.3 is 5.32 Å². The van der Waals surface area contributed by atoms with Crippen molar-refractivity contribution >= 4 is 11.6 Å². The number of amides is 1. The largest absolute Gasteiger partial charge is 0.417 e. The summed E-state index contributed by atoms with van der Waals surface area (Å²) in [6, 6.07) is 8.04. The number of anilines is 1. The number of hydrogen-bond acceptors (Lipinski definition) is 3. The van der Waals surface area contributed by atoms with Gasteiger partial charge in [0.25, 0.3) is 5.91 Å². The fraction of sp³-hybridized carbons (Fsp3) is 0.0625. The maximum Gasteiger partial charge on any atom is 0.417 e. The van der Waals surface area contributed by atoms with Gasteiger partial charge in [-0.25, -0.2) is 14.1 Å². The molecule has 0 aliphatic rings. The number of alkyl halides is 3. The number of hydrogen-bond donors (Lipinski definition) is 1. The van der Waals surface area contributed by atoms with E-state index in [4.69, 9.17) is 0 Å². The van der Waals surface area contributed by atoms with Crippen LogP contribution in [0.25, 0.3) is 5.69 Å². The summed E-state index contributed by atoms with van der Waals surface area (Å²) in [5, 5.41) is 6.04. The minimum atomic E-state index is -4.67. The minimum Gasteiger partial charge on any atom is -0.322 e. The molecule has 1 N–H and O–H groups in total. The molecule has 1 aromatic heterocycles. The lowest BCUT2D eigenvalue weighted by atomic mass is 10.1. The molecule has 128 valence electrons. The van der Waals surface area contributed by atoms with E-state index in [1.165, 1.54) is 41.6 Å². The molecule has 0 bridgehead atoms. The topological polar surface area (TPSA) is 59.8 Å². The Hall–Kier alpha value is -3.23. The summed E-state index contributed by atoms with van der Waals surface area (Å²) in [5.74, 6) is -1.70. The van der Waals surface area contributed by atoms with Gasteiger partial charge in [0, 0.05) is 5.69 Å². The molecule has 3 rings (SSSR count). The molecular formula is C16H10F4N4O. The normalized spacial score (nSPS) is 11.4. The van der Waals surface area contributed by atoms with Crippen LogP contribution in [0.15, 0.2) is 55.1 Å². The van der Waals surface area contributed by atoms with Gasteiger partial charge in [0.2, 0.25) is 0 Å². The minimum absolute atomic E-state index is 0.0170. The molecule has 9 heteroatoms. The molecule has 0 radical (unpaired) electrons. The molecule has 0 fully saturated rings.